The highest BCUT2D eigenvalue weighted by molar-refractivity contribution is 5.73. The summed E-state index contributed by atoms with van der Waals surface area (Å²) in [6.07, 6.45) is -6.85. The molecule has 0 heterocycles. The summed E-state index contributed by atoms with van der Waals surface area (Å²) in [6.45, 7) is 2.86. The minimum absolute atomic E-state index is 0.160. The van der Waals surface area contributed by atoms with E-state index in [9.17, 15) is 24.3 Å². The molecule has 3 rings (SSSR count). The van der Waals surface area contributed by atoms with Crippen LogP contribution in [0, 0.1) is 0 Å². The van der Waals surface area contributed by atoms with Gasteiger partial charge in [-0.05, 0) is 56.7 Å². The van der Waals surface area contributed by atoms with Gasteiger partial charge in [0.15, 0.2) is 12.5 Å². The summed E-state index contributed by atoms with van der Waals surface area (Å²) in [5, 5.41) is 18.0. The number of carbonyl (C=O) groups is 4. The van der Waals surface area contributed by atoms with E-state index in [4.69, 9.17) is 23.7 Å². The molecule has 0 saturated carbocycles. The van der Waals surface area contributed by atoms with E-state index in [0.717, 1.165) is 0 Å². The first-order valence-corrected chi connectivity index (χ1v) is 13.3. The van der Waals surface area contributed by atoms with Crippen LogP contribution in [0.5, 0.6) is 17.2 Å². The fourth-order valence-electron chi connectivity index (χ4n) is 3.54. The second-order valence-electron chi connectivity index (χ2n) is 8.99. The Balaban J connectivity index is 1.53. The van der Waals surface area contributed by atoms with Crippen LogP contribution in [-0.2, 0) is 14.3 Å². The van der Waals surface area contributed by atoms with Gasteiger partial charge in [0.25, 0.3) is 0 Å². The van der Waals surface area contributed by atoms with Crippen LogP contribution in [-0.4, -0.2) is 54.1 Å². The predicted molar refractivity (Wildman–Crippen MR) is 152 cm³/mol. The van der Waals surface area contributed by atoms with Gasteiger partial charge in [0.1, 0.15) is 23.5 Å². The number of carbonyl (C=O) groups excluding carboxylic acids is 4. The molecule has 0 aliphatic carbocycles. The number of benzene rings is 3. The van der Waals surface area contributed by atoms with Gasteiger partial charge in [-0.1, -0.05) is 54.6 Å². The zero-order chi connectivity index (χ0) is 31.0. The van der Waals surface area contributed by atoms with E-state index in [-0.39, 0.29) is 18.6 Å². The van der Waals surface area contributed by atoms with E-state index in [0.29, 0.717) is 11.5 Å². The van der Waals surface area contributed by atoms with E-state index in [1.54, 1.807) is 91.0 Å². The summed E-state index contributed by atoms with van der Waals surface area (Å²) in [7, 11) is 0. The number of aliphatic hydroxyl groups excluding tert-OH is 1. The summed E-state index contributed by atoms with van der Waals surface area (Å²) in [6, 6.07) is 23.6. The lowest BCUT2D eigenvalue weighted by atomic mass is 10.1. The van der Waals surface area contributed by atoms with E-state index < -0.39 is 49.0 Å². The minimum atomic E-state index is -1.69. The molecule has 0 radical (unpaired) electrons. The van der Waals surface area contributed by atoms with Crippen LogP contribution in [0.2, 0.25) is 0 Å². The molecular weight excluding hydrogens is 562 g/mol. The molecule has 0 saturated heterocycles. The van der Waals surface area contributed by atoms with Crippen molar-refractivity contribution in [2.24, 2.45) is 0 Å². The van der Waals surface area contributed by atoms with Gasteiger partial charge >= 0.3 is 24.2 Å². The van der Waals surface area contributed by atoms with Crippen LogP contribution in [0.3, 0.4) is 0 Å². The number of rotatable bonds is 13. The molecule has 3 amide bonds. The Hall–Kier alpha value is -5.14. The molecule has 0 spiro atoms. The summed E-state index contributed by atoms with van der Waals surface area (Å²) in [5.41, 5.74) is 0. The summed E-state index contributed by atoms with van der Waals surface area (Å²) in [4.78, 5) is 49.2. The number of nitrogens with one attached hydrogen (secondary N) is 3. The quantitative estimate of drug-likeness (QED) is 0.167. The lowest BCUT2D eigenvalue weighted by Crippen LogP contribution is -2.49. The summed E-state index contributed by atoms with van der Waals surface area (Å²) in [5.74, 6) is 0.0995. The van der Waals surface area contributed by atoms with Crippen molar-refractivity contribution < 1.29 is 48.0 Å². The second-order valence-corrected chi connectivity index (χ2v) is 8.99. The van der Waals surface area contributed by atoms with Crippen molar-refractivity contribution in [3.63, 3.8) is 0 Å². The van der Waals surface area contributed by atoms with E-state index in [1.807, 2.05) is 0 Å². The van der Waals surface area contributed by atoms with Crippen molar-refractivity contribution >= 4 is 24.2 Å². The van der Waals surface area contributed by atoms with E-state index in [2.05, 4.69) is 16.0 Å². The first-order chi connectivity index (χ1) is 20.7. The Bertz CT molecular complexity index is 1310. The van der Waals surface area contributed by atoms with Gasteiger partial charge in [-0.15, -0.1) is 0 Å². The molecule has 228 valence electrons. The van der Waals surface area contributed by atoms with Crippen molar-refractivity contribution in [1.82, 2.24) is 16.0 Å². The van der Waals surface area contributed by atoms with Gasteiger partial charge < -0.3 is 34.1 Å². The molecule has 4 unspecified atom stereocenters. The topological polar surface area (TPSA) is 171 Å². The largest absolute Gasteiger partial charge is 0.442 e. The van der Waals surface area contributed by atoms with Crippen LogP contribution in [0.15, 0.2) is 91.0 Å². The maximum absolute atomic E-state index is 12.5. The van der Waals surface area contributed by atoms with Crippen molar-refractivity contribution in [3.05, 3.63) is 91.0 Å². The number of esters is 1. The number of aliphatic hydroxyl groups is 1. The van der Waals surface area contributed by atoms with Crippen LogP contribution in [0.4, 0.5) is 14.4 Å². The highest BCUT2D eigenvalue weighted by Crippen LogP contribution is 2.13. The third-order valence-electron chi connectivity index (χ3n) is 5.46. The second kappa shape index (κ2) is 17.0. The zero-order valence-electron chi connectivity index (χ0n) is 23.5. The molecule has 3 aromatic carbocycles. The summed E-state index contributed by atoms with van der Waals surface area (Å²) >= 11 is 0. The maximum Gasteiger partial charge on any atom is 0.415 e. The minimum Gasteiger partial charge on any atom is -0.442 e. The summed E-state index contributed by atoms with van der Waals surface area (Å²) < 4.78 is 26.1. The number of amides is 3. The first-order valence-electron chi connectivity index (χ1n) is 13.3. The molecule has 0 bridgehead atoms. The van der Waals surface area contributed by atoms with Gasteiger partial charge in [-0.3, -0.25) is 15.4 Å². The highest BCUT2D eigenvalue weighted by atomic mass is 16.6. The van der Waals surface area contributed by atoms with Crippen LogP contribution in [0.25, 0.3) is 0 Å². The Morgan fingerprint density at radius 1 is 0.628 bits per heavy atom. The number of hydrogen-bond acceptors (Lipinski definition) is 10. The van der Waals surface area contributed by atoms with Gasteiger partial charge in [-0.25, -0.2) is 14.4 Å². The Labute approximate surface area is 248 Å². The molecule has 3 aromatic rings. The van der Waals surface area contributed by atoms with Crippen LogP contribution in [0.1, 0.15) is 26.7 Å². The zero-order valence-corrected chi connectivity index (χ0v) is 23.5. The van der Waals surface area contributed by atoms with Gasteiger partial charge in [-0.2, -0.15) is 0 Å². The van der Waals surface area contributed by atoms with E-state index in [1.165, 1.54) is 13.8 Å². The SMILES string of the molecule is CC(NC(=O)Oc1ccccc1)OC(=O)CCC(NC(=O)Oc1ccccc1)C(O)OC(C)NC(=O)Oc1ccccc1. The average molecular weight is 596 g/mol. The fourth-order valence-corrected chi connectivity index (χ4v) is 3.54. The Morgan fingerprint density at radius 3 is 1.47 bits per heavy atom. The van der Waals surface area contributed by atoms with Crippen molar-refractivity contribution in [1.29, 1.82) is 0 Å². The molecule has 13 nitrogen and oxygen atoms in total. The highest BCUT2D eigenvalue weighted by Gasteiger charge is 2.27. The van der Waals surface area contributed by atoms with Crippen molar-refractivity contribution in [3.8, 4) is 17.2 Å². The van der Waals surface area contributed by atoms with Crippen LogP contribution < -0.4 is 30.2 Å². The lowest BCUT2D eigenvalue weighted by Gasteiger charge is -2.26. The normalized spacial score (nSPS) is 13.3. The third kappa shape index (κ3) is 12.5. The van der Waals surface area contributed by atoms with Crippen molar-refractivity contribution in [2.75, 3.05) is 0 Å². The Morgan fingerprint density at radius 2 is 1.02 bits per heavy atom. The van der Waals surface area contributed by atoms with Gasteiger partial charge in [0, 0.05) is 6.42 Å². The molecule has 0 fully saturated rings. The number of para-hydroxylation sites is 3. The third-order valence-corrected chi connectivity index (χ3v) is 5.46. The molecule has 13 heteroatoms. The molecule has 0 aromatic heterocycles. The Kier molecular flexibility index (Phi) is 12.8. The first kappa shape index (κ1) is 32.4. The average Bonchev–Trinajstić information content (AvgIpc) is 2.96. The van der Waals surface area contributed by atoms with Crippen LogP contribution >= 0.6 is 0 Å². The smallest absolute Gasteiger partial charge is 0.415 e. The van der Waals surface area contributed by atoms with Gasteiger partial charge in [0.05, 0.1) is 6.04 Å². The lowest BCUT2D eigenvalue weighted by molar-refractivity contribution is -0.158. The number of ether oxygens (including phenoxy) is 5. The van der Waals surface area contributed by atoms with Gasteiger partial charge in [0.2, 0.25) is 0 Å². The van der Waals surface area contributed by atoms with E-state index >= 15 is 0 Å². The standard InChI is InChI=1S/C30H33N3O10/c1-20(31-28(36)41-22-12-6-3-7-13-22)39-26(34)19-18-25(33-30(38)43-24-16-10-5-11-17-24)27(35)40-21(2)32-29(37)42-23-14-8-4-9-15-23/h3-17,20-21,25,27,35H,18-19H2,1-2H3,(H,31,36)(H,32,37)(H,33,38). The number of hydrogen-bond donors (Lipinski definition) is 4. The molecular formula is C30H33N3O10. The molecule has 4 N–H and O–H groups in total. The molecule has 0 aliphatic rings. The molecule has 0 aliphatic heterocycles. The van der Waals surface area contributed by atoms with Crippen molar-refractivity contribution in [2.45, 2.75) is 51.5 Å². The fraction of sp³-hybridized carbons (Fsp3) is 0.267. The molecule has 4 atom stereocenters. The monoisotopic (exact) mass is 595 g/mol. The molecule has 43 heavy (non-hydrogen) atoms. The predicted octanol–water partition coefficient (Wildman–Crippen LogP) is 4.07. The maximum atomic E-state index is 12.5.